The second kappa shape index (κ2) is 7.51. The Morgan fingerprint density at radius 1 is 1.32 bits per heavy atom. The van der Waals surface area contributed by atoms with Gasteiger partial charge in [0.1, 0.15) is 5.75 Å². The van der Waals surface area contributed by atoms with Crippen LogP contribution in [0.5, 0.6) is 5.75 Å². The molecule has 6 nitrogen and oxygen atoms in total. The van der Waals surface area contributed by atoms with Gasteiger partial charge in [-0.05, 0) is 43.4 Å². The van der Waals surface area contributed by atoms with Gasteiger partial charge >= 0.3 is 0 Å². The van der Waals surface area contributed by atoms with Gasteiger partial charge in [0.05, 0.1) is 18.4 Å². The Bertz CT molecular complexity index is 746. The standard InChI is InChI=1S/C19H24N4O2/c1-13-6-7-17(25-3)16(9-13)22-19-20-10-15(11-21-19)18(24)23-8-4-5-14(2)12-23/h6-7,9-11,14H,4-5,8,12H2,1-3H3,(H,20,21,22). The minimum absolute atomic E-state index is 0.00577. The molecule has 1 fully saturated rings. The van der Waals surface area contributed by atoms with Crippen molar-refractivity contribution in [3.05, 3.63) is 41.7 Å². The molecule has 1 aliphatic heterocycles. The topological polar surface area (TPSA) is 67.3 Å². The summed E-state index contributed by atoms with van der Waals surface area (Å²) in [5.41, 5.74) is 2.43. The molecule has 1 aromatic carbocycles. The normalized spacial score (nSPS) is 17.2. The van der Waals surface area contributed by atoms with E-state index in [0.29, 0.717) is 17.4 Å². The number of hydrogen-bond acceptors (Lipinski definition) is 5. The number of likely N-dealkylation sites (tertiary alicyclic amines) is 1. The fraction of sp³-hybridized carbons (Fsp3) is 0.421. The maximum Gasteiger partial charge on any atom is 0.257 e. The fourth-order valence-electron chi connectivity index (χ4n) is 3.10. The van der Waals surface area contributed by atoms with E-state index in [1.54, 1.807) is 19.5 Å². The van der Waals surface area contributed by atoms with E-state index in [2.05, 4.69) is 22.2 Å². The zero-order valence-electron chi connectivity index (χ0n) is 15.0. The number of hydrogen-bond donors (Lipinski definition) is 1. The van der Waals surface area contributed by atoms with E-state index in [0.717, 1.165) is 36.5 Å². The van der Waals surface area contributed by atoms with Gasteiger partial charge in [0.15, 0.2) is 0 Å². The SMILES string of the molecule is COc1ccc(C)cc1Nc1ncc(C(=O)N2CCCC(C)C2)cn1. The van der Waals surface area contributed by atoms with Crippen LogP contribution in [-0.4, -0.2) is 41.0 Å². The summed E-state index contributed by atoms with van der Waals surface area (Å²) in [5, 5.41) is 3.14. The molecule has 0 radical (unpaired) electrons. The molecule has 0 saturated carbocycles. The lowest BCUT2D eigenvalue weighted by atomic mass is 10.00. The number of anilines is 2. The zero-order chi connectivity index (χ0) is 17.8. The largest absolute Gasteiger partial charge is 0.495 e. The van der Waals surface area contributed by atoms with Crippen LogP contribution in [0.2, 0.25) is 0 Å². The Kier molecular flexibility index (Phi) is 5.16. The van der Waals surface area contributed by atoms with Gasteiger partial charge < -0.3 is 15.0 Å². The highest BCUT2D eigenvalue weighted by Gasteiger charge is 2.22. The van der Waals surface area contributed by atoms with E-state index in [4.69, 9.17) is 4.74 Å². The van der Waals surface area contributed by atoms with Crippen molar-refractivity contribution in [2.45, 2.75) is 26.7 Å². The number of nitrogens with zero attached hydrogens (tertiary/aromatic N) is 3. The Morgan fingerprint density at radius 3 is 2.76 bits per heavy atom. The van der Waals surface area contributed by atoms with Gasteiger partial charge in [-0.25, -0.2) is 9.97 Å². The Hall–Kier alpha value is -2.63. The van der Waals surface area contributed by atoms with Crippen LogP contribution >= 0.6 is 0 Å². The van der Waals surface area contributed by atoms with Crippen molar-refractivity contribution in [2.24, 2.45) is 5.92 Å². The van der Waals surface area contributed by atoms with Crippen LogP contribution in [0.1, 0.15) is 35.7 Å². The van der Waals surface area contributed by atoms with Crippen LogP contribution in [0.25, 0.3) is 0 Å². The average Bonchev–Trinajstić information content (AvgIpc) is 2.62. The Labute approximate surface area is 148 Å². The highest BCUT2D eigenvalue weighted by atomic mass is 16.5. The van der Waals surface area contributed by atoms with Gasteiger partial charge in [-0.15, -0.1) is 0 Å². The summed E-state index contributed by atoms with van der Waals surface area (Å²) in [5.74, 6) is 1.71. The molecule has 1 N–H and O–H groups in total. The van der Waals surface area contributed by atoms with Crippen molar-refractivity contribution in [2.75, 3.05) is 25.5 Å². The number of rotatable bonds is 4. The molecule has 1 amide bonds. The summed E-state index contributed by atoms with van der Waals surface area (Å²) in [6, 6.07) is 5.84. The van der Waals surface area contributed by atoms with Gasteiger partial charge in [0.25, 0.3) is 5.91 Å². The van der Waals surface area contributed by atoms with E-state index in [-0.39, 0.29) is 5.91 Å². The highest BCUT2D eigenvalue weighted by Crippen LogP contribution is 2.27. The van der Waals surface area contributed by atoms with Crippen molar-refractivity contribution >= 4 is 17.5 Å². The number of carbonyl (C=O) groups is 1. The molecule has 6 heteroatoms. The first-order valence-electron chi connectivity index (χ1n) is 8.60. The third-order valence-electron chi connectivity index (χ3n) is 4.44. The second-order valence-corrected chi connectivity index (χ2v) is 6.62. The lowest BCUT2D eigenvalue weighted by Crippen LogP contribution is -2.39. The number of benzene rings is 1. The lowest BCUT2D eigenvalue weighted by molar-refractivity contribution is 0.0682. The summed E-state index contributed by atoms with van der Waals surface area (Å²) in [4.78, 5) is 23.0. The van der Waals surface area contributed by atoms with Crippen LogP contribution in [0, 0.1) is 12.8 Å². The molecule has 3 rings (SSSR count). The molecule has 2 aromatic rings. The number of nitrogens with one attached hydrogen (secondary N) is 1. The van der Waals surface area contributed by atoms with Gasteiger partial charge in [0.2, 0.25) is 5.95 Å². The average molecular weight is 340 g/mol. The van der Waals surface area contributed by atoms with E-state index in [1.165, 1.54) is 6.42 Å². The first kappa shape index (κ1) is 17.2. The maximum absolute atomic E-state index is 12.6. The first-order valence-corrected chi connectivity index (χ1v) is 8.60. The quantitative estimate of drug-likeness (QED) is 0.924. The second-order valence-electron chi connectivity index (χ2n) is 6.62. The smallest absolute Gasteiger partial charge is 0.257 e. The number of piperidine rings is 1. The highest BCUT2D eigenvalue weighted by molar-refractivity contribution is 5.93. The van der Waals surface area contributed by atoms with Gasteiger partial charge in [0, 0.05) is 25.5 Å². The van der Waals surface area contributed by atoms with Crippen LogP contribution < -0.4 is 10.1 Å². The Morgan fingerprint density at radius 2 is 2.08 bits per heavy atom. The predicted octanol–water partition coefficient (Wildman–Crippen LogP) is 3.41. The number of methoxy groups -OCH3 is 1. The van der Waals surface area contributed by atoms with Crippen molar-refractivity contribution < 1.29 is 9.53 Å². The maximum atomic E-state index is 12.6. The molecular weight excluding hydrogens is 316 g/mol. The van der Waals surface area contributed by atoms with Crippen LogP contribution in [0.3, 0.4) is 0 Å². The predicted molar refractivity (Wildman–Crippen MR) is 97.3 cm³/mol. The van der Waals surface area contributed by atoms with E-state index >= 15 is 0 Å². The van der Waals surface area contributed by atoms with Crippen molar-refractivity contribution in [1.82, 2.24) is 14.9 Å². The lowest BCUT2D eigenvalue weighted by Gasteiger charge is -2.30. The summed E-state index contributed by atoms with van der Waals surface area (Å²) in [6.45, 7) is 5.80. The van der Waals surface area contributed by atoms with Crippen LogP contribution in [0.4, 0.5) is 11.6 Å². The molecule has 1 aliphatic rings. The van der Waals surface area contributed by atoms with Crippen molar-refractivity contribution in [1.29, 1.82) is 0 Å². The van der Waals surface area contributed by atoms with E-state index in [9.17, 15) is 4.79 Å². The summed E-state index contributed by atoms with van der Waals surface area (Å²) >= 11 is 0. The third kappa shape index (κ3) is 4.07. The van der Waals surface area contributed by atoms with Crippen molar-refractivity contribution in [3.8, 4) is 5.75 Å². The van der Waals surface area contributed by atoms with Crippen molar-refractivity contribution in [3.63, 3.8) is 0 Å². The molecule has 25 heavy (non-hydrogen) atoms. The third-order valence-corrected chi connectivity index (χ3v) is 4.44. The van der Waals surface area contributed by atoms with Gasteiger partial charge in [-0.1, -0.05) is 13.0 Å². The van der Waals surface area contributed by atoms with Crippen LogP contribution in [0.15, 0.2) is 30.6 Å². The summed E-state index contributed by atoms with van der Waals surface area (Å²) < 4.78 is 5.35. The molecule has 2 heterocycles. The molecule has 0 spiro atoms. The molecule has 132 valence electrons. The molecule has 1 atom stereocenters. The minimum atomic E-state index is 0.00577. The summed E-state index contributed by atoms with van der Waals surface area (Å²) in [7, 11) is 1.62. The Balaban J connectivity index is 1.72. The zero-order valence-corrected chi connectivity index (χ0v) is 15.0. The number of carbonyl (C=O) groups excluding carboxylic acids is 1. The fourth-order valence-corrected chi connectivity index (χ4v) is 3.10. The molecular formula is C19H24N4O2. The number of aryl methyl sites for hydroxylation is 1. The number of amides is 1. The first-order chi connectivity index (χ1) is 12.1. The minimum Gasteiger partial charge on any atom is -0.495 e. The van der Waals surface area contributed by atoms with E-state index < -0.39 is 0 Å². The monoisotopic (exact) mass is 340 g/mol. The number of ether oxygens (including phenoxy) is 1. The molecule has 0 aliphatic carbocycles. The van der Waals surface area contributed by atoms with Gasteiger partial charge in [-0.2, -0.15) is 0 Å². The van der Waals surface area contributed by atoms with Gasteiger partial charge in [-0.3, -0.25) is 4.79 Å². The molecule has 1 unspecified atom stereocenters. The molecule has 0 bridgehead atoms. The molecule has 1 aromatic heterocycles. The molecule has 1 saturated heterocycles. The van der Waals surface area contributed by atoms with Crippen LogP contribution in [-0.2, 0) is 0 Å². The van der Waals surface area contributed by atoms with E-state index in [1.807, 2.05) is 30.0 Å². The summed E-state index contributed by atoms with van der Waals surface area (Å²) in [6.07, 6.45) is 5.40. The number of aromatic nitrogens is 2.